The standard InChI is InChI=1S/C16H27F2N3/c1-5-7-9-15(3,8-6-2)13-10-14(19-20(13)4)21-11-16(17,18)12-21/h10H,5-9,11-12H2,1-4H3. The van der Waals surface area contributed by atoms with Crippen LogP contribution in [0, 0.1) is 0 Å². The molecule has 1 aromatic rings. The lowest BCUT2D eigenvalue weighted by Crippen LogP contribution is -2.56. The summed E-state index contributed by atoms with van der Waals surface area (Å²) in [5.74, 6) is -1.86. The van der Waals surface area contributed by atoms with Gasteiger partial charge in [-0.3, -0.25) is 4.68 Å². The fourth-order valence-corrected chi connectivity index (χ4v) is 3.35. The average molecular weight is 299 g/mol. The van der Waals surface area contributed by atoms with E-state index in [2.05, 4.69) is 25.9 Å². The number of halogens is 2. The fraction of sp³-hybridized carbons (Fsp3) is 0.812. The molecule has 0 saturated carbocycles. The first-order valence-electron chi connectivity index (χ1n) is 7.98. The van der Waals surface area contributed by atoms with Crippen molar-refractivity contribution < 1.29 is 8.78 Å². The van der Waals surface area contributed by atoms with Crippen LogP contribution >= 0.6 is 0 Å². The van der Waals surface area contributed by atoms with E-state index in [-0.39, 0.29) is 18.5 Å². The normalized spacial score (nSPS) is 20.2. The number of unbranched alkanes of at least 4 members (excludes halogenated alkanes) is 1. The van der Waals surface area contributed by atoms with Crippen molar-refractivity contribution in [2.24, 2.45) is 7.05 Å². The average Bonchev–Trinajstić information content (AvgIpc) is 2.76. The van der Waals surface area contributed by atoms with Crippen LogP contribution in [0.3, 0.4) is 0 Å². The number of alkyl halides is 2. The molecular formula is C16H27F2N3. The molecule has 0 spiro atoms. The minimum absolute atomic E-state index is 0.0815. The molecule has 120 valence electrons. The number of aromatic nitrogens is 2. The van der Waals surface area contributed by atoms with Gasteiger partial charge in [0.2, 0.25) is 0 Å². The summed E-state index contributed by atoms with van der Waals surface area (Å²) in [7, 11) is 1.93. The van der Waals surface area contributed by atoms with Crippen LogP contribution in [-0.2, 0) is 12.5 Å². The second-order valence-electron chi connectivity index (χ2n) is 6.64. The fourth-order valence-electron chi connectivity index (χ4n) is 3.35. The third-order valence-corrected chi connectivity index (χ3v) is 4.54. The summed E-state index contributed by atoms with van der Waals surface area (Å²) in [6, 6.07) is 2.01. The van der Waals surface area contributed by atoms with Gasteiger partial charge in [-0.1, -0.05) is 40.0 Å². The van der Waals surface area contributed by atoms with Gasteiger partial charge in [-0.05, 0) is 12.8 Å². The molecule has 2 heterocycles. The number of aryl methyl sites for hydroxylation is 1. The Bertz CT molecular complexity index is 476. The predicted molar refractivity (Wildman–Crippen MR) is 82.2 cm³/mol. The van der Waals surface area contributed by atoms with Crippen LogP contribution < -0.4 is 4.90 Å². The highest BCUT2D eigenvalue weighted by atomic mass is 19.3. The summed E-state index contributed by atoms with van der Waals surface area (Å²) < 4.78 is 27.9. The lowest BCUT2D eigenvalue weighted by molar-refractivity contribution is -0.0267. The molecule has 5 heteroatoms. The van der Waals surface area contributed by atoms with Crippen LogP contribution in [0.4, 0.5) is 14.6 Å². The molecular weight excluding hydrogens is 272 g/mol. The minimum atomic E-state index is -2.55. The van der Waals surface area contributed by atoms with Gasteiger partial charge < -0.3 is 4.90 Å². The maximum Gasteiger partial charge on any atom is 0.282 e. The monoisotopic (exact) mass is 299 g/mol. The maximum absolute atomic E-state index is 13.0. The molecule has 1 fully saturated rings. The molecule has 1 aliphatic rings. The van der Waals surface area contributed by atoms with Crippen LogP contribution in [0.5, 0.6) is 0 Å². The summed E-state index contributed by atoms with van der Waals surface area (Å²) in [5.41, 5.74) is 1.25. The van der Waals surface area contributed by atoms with Gasteiger partial charge in [-0.15, -0.1) is 0 Å². The van der Waals surface area contributed by atoms with Gasteiger partial charge >= 0.3 is 0 Å². The summed E-state index contributed by atoms with van der Waals surface area (Å²) >= 11 is 0. The molecule has 0 radical (unpaired) electrons. The second kappa shape index (κ2) is 5.93. The maximum atomic E-state index is 13.0. The van der Waals surface area contributed by atoms with Crippen LogP contribution in [-0.4, -0.2) is 28.8 Å². The Hall–Kier alpha value is -1.13. The van der Waals surface area contributed by atoms with E-state index in [1.807, 2.05) is 17.8 Å². The first-order valence-corrected chi connectivity index (χ1v) is 7.98. The third-order valence-electron chi connectivity index (χ3n) is 4.54. The first kappa shape index (κ1) is 16.2. The first-order chi connectivity index (χ1) is 9.81. The molecule has 0 N–H and O–H groups in total. The van der Waals surface area contributed by atoms with Gasteiger partial charge in [0.1, 0.15) is 0 Å². The molecule has 1 atom stereocenters. The largest absolute Gasteiger partial charge is 0.343 e. The van der Waals surface area contributed by atoms with Crippen LogP contribution in [0.15, 0.2) is 6.07 Å². The number of rotatable bonds is 7. The number of hydrogen-bond acceptors (Lipinski definition) is 2. The molecule has 1 aromatic heterocycles. The Morgan fingerprint density at radius 2 is 1.90 bits per heavy atom. The van der Waals surface area contributed by atoms with Gasteiger partial charge in [0, 0.05) is 24.2 Å². The van der Waals surface area contributed by atoms with E-state index in [1.165, 1.54) is 18.5 Å². The molecule has 0 amide bonds. The van der Waals surface area contributed by atoms with E-state index in [1.54, 1.807) is 4.90 Å². The van der Waals surface area contributed by atoms with E-state index in [0.29, 0.717) is 5.82 Å². The van der Waals surface area contributed by atoms with Crippen LogP contribution in [0.1, 0.15) is 58.6 Å². The molecule has 0 bridgehead atoms. The summed E-state index contributed by atoms with van der Waals surface area (Å²) in [4.78, 5) is 1.66. The Morgan fingerprint density at radius 3 is 2.43 bits per heavy atom. The predicted octanol–water partition coefficient (Wildman–Crippen LogP) is 4.12. The lowest BCUT2D eigenvalue weighted by atomic mass is 9.77. The molecule has 1 unspecified atom stereocenters. The Kier molecular flexibility index (Phi) is 4.59. The molecule has 21 heavy (non-hydrogen) atoms. The van der Waals surface area contributed by atoms with Gasteiger partial charge in [0.05, 0.1) is 13.1 Å². The van der Waals surface area contributed by atoms with E-state index >= 15 is 0 Å². The van der Waals surface area contributed by atoms with Crippen LogP contribution in [0.2, 0.25) is 0 Å². The molecule has 0 aliphatic carbocycles. The smallest absolute Gasteiger partial charge is 0.282 e. The van der Waals surface area contributed by atoms with Gasteiger partial charge in [-0.2, -0.15) is 5.10 Å². The minimum Gasteiger partial charge on any atom is -0.343 e. The second-order valence-corrected chi connectivity index (χ2v) is 6.64. The van der Waals surface area contributed by atoms with Gasteiger partial charge in [-0.25, -0.2) is 8.78 Å². The Labute approximate surface area is 126 Å². The van der Waals surface area contributed by atoms with Crippen molar-refractivity contribution in [3.8, 4) is 0 Å². The van der Waals surface area contributed by atoms with Crippen LogP contribution in [0.25, 0.3) is 0 Å². The highest BCUT2D eigenvalue weighted by molar-refractivity contribution is 5.45. The van der Waals surface area contributed by atoms with E-state index in [9.17, 15) is 8.78 Å². The van der Waals surface area contributed by atoms with Crippen molar-refractivity contribution in [3.05, 3.63) is 11.8 Å². The van der Waals surface area contributed by atoms with E-state index in [4.69, 9.17) is 0 Å². The van der Waals surface area contributed by atoms with Gasteiger partial charge in [0.15, 0.2) is 5.82 Å². The Morgan fingerprint density at radius 1 is 1.24 bits per heavy atom. The zero-order valence-electron chi connectivity index (χ0n) is 13.6. The number of nitrogens with zero attached hydrogens (tertiary/aromatic N) is 3. The summed E-state index contributed by atoms with van der Waals surface area (Å²) in [6.45, 7) is 6.25. The Balaban J connectivity index is 2.19. The van der Waals surface area contributed by atoms with E-state index < -0.39 is 5.92 Å². The topological polar surface area (TPSA) is 21.1 Å². The summed E-state index contributed by atoms with van der Waals surface area (Å²) in [6.07, 6.45) is 5.68. The summed E-state index contributed by atoms with van der Waals surface area (Å²) in [5, 5.41) is 4.46. The SMILES string of the molecule is CCCCC(C)(CCC)c1cc(N2CC(F)(F)C2)nn1C. The van der Waals surface area contributed by atoms with Crippen molar-refractivity contribution in [2.75, 3.05) is 18.0 Å². The lowest BCUT2D eigenvalue weighted by Gasteiger charge is -2.38. The molecule has 3 nitrogen and oxygen atoms in total. The quantitative estimate of drug-likeness (QED) is 0.755. The molecule has 1 aliphatic heterocycles. The molecule has 1 saturated heterocycles. The van der Waals surface area contributed by atoms with Gasteiger partial charge in [0.25, 0.3) is 5.92 Å². The van der Waals surface area contributed by atoms with Crippen molar-refractivity contribution in [2.45, 2.75) is 64.2 Å². The van der Waals surface area contributed by atoms with Crippen molar-refractivity contribution in [1.82, 2.24) is 9.78 Å². The number of hydrogen-bond donors (Lipinski definition) is 0. The number of anilines is 1. The highest BCUT2D eigenvalue weighted by Crippen LogP contribution is 2.38. The third kappa shape index (κ3) is 3.38. The zero-order chi connectivity index (χ0) is 15.7. The molecule has 0 aromatic carbocycles. The van der Waals surface area contributed by atoms with Crippen molar-refractivity contribution in [1.29, 1.82) is 0 Å². The van der Waals surface area contributed by atoms with Crippen molar-refractivity contribution >= 4 is 5.82 Å². The molecule has 2 rings (SSSR count). The zero-order valence-corrected chi connectivity index (χ0v) is 13.6. The van der Waals surface area contributed by atoms with Crippen molar-refractivity contribution in [3.63, 3.8) is 0 Å². The van der Waals surface area contributed by atoms with E-state index in [0.717, 1.165) is 19.3 Å². The highest BCUT2D eigenvalue weighted by Gasteiger charge is 2.45.